The number of rotatable bonds is 0. The minimum absolute atomic E-state index is 0.208. The molecule has 0 radical (unpaired) electrons. The van der Waals surface area contributed by atoms with Crippen LogP contribution in [-0.4, -0.2) is 6.17 Å². The lowest BCUT2D eigenvalue weighted by atomic mass is 10.6. The van der Waals surface area contributed by atoms with Crippen LogP contribution in [0.1, 0.15) is 0 Å². The van der Waals surface area contributed by atoms with Gasteiger partial charge < -0.3 is 10.6 Å². The lowest BCUT2D eigenvalue weighted by molar-refractivity contribution is 0.701. The molecule has 0 fully saturated rings. The Hall–Kier alpha value is -1.17. The van der Waals surface area contributed by atoms with Crippen LogP contribution in [0, 0.1) is 11.3 Å². The Labute approximate surface area is 41.6 Å². The Morgan fingerprint density at radius 1 is 1.43 bits per heavy atom. The molecule has 3 nitrogen and oxygen atoms in total. The first-order chi connectivity index (χ1) is 3.43. The molecule has 0 unspecified atom stereocenters. The van der Waals surface area contributed by atoms with E-state index in [2.05, 4.69) is 10.6 Å². The van der Waals surface area contributed by atoms with Gasteiger partial charge in [-0.15, -0.1) is 0 Å². The normalized spacial score (nSPS) is 17.6. The van der Waals surface area contributed by atoms with Crippen LogP contribution in [0.3, 0.4) is 0 Å². The third-order valence-corrected chi connectivity index (χ3v) is 0.738. The van der Waals surface area contributed by atoms with Gasteiger partial charge in [0, 0.05) is 12.4 Å². The molecule has 0 saturated carbocycles. The molecule has 2 N–H and O–H groups in total. The molecule has 0 saturated heterocycles. The highest BCUT2D eigenvalue weighted by molar-refractivity contribution is 5.01. The van der Waals surface area contributed by atoms with Gasteiger partial charge >= 0.3 is 0 Å². The Morgan fingerprint density at radius 3 is 2.29 bits per heavy atom. The molecule has 1 heterocycles. The van der Waals surface area contributed by atoms with Gasteiger partial charge in [0.1, 0.15) is 6.07 Å². The van der Waals surface area contributed by atoms with Crippen LogP contribution in [0.4, 0.5) is 0 Å². The average Bonchev–Trinajstić information content (AvgIpc) is 2.14. The first-order valence-corrected chi connectivity index (χ1v) is 2.00. The molecule has 0 aromatic rings. The largest absolute Gasteiger partial charge is 0.358 e. The molecule has 1 aliphatic rings. The van der Waals surface area contributed by atoms with E-state index in [4.69, 9.17) is 5.26 Å². The fourth-order valence-corrected chi connectivity index (χ4v) is 0.411. The van der Waals surface area contributed by atoms with Crippen molar-refractivity contribution in [2.75, 3.05) is 0 Å². The summed E-state index contributed by atoms with van der Waals surface area (Å²) in [5.74, 6) is 0. The third-order valence-electron chi connectivity index (χ3n) is 0.738. The van der Waals surface area contributed by atoms with Crippen LogP contribution < -0.4 is 10.6 Å². The van der Waals surface area contributed by atoms with Gasteiger partial charge in [-0.25, -0.2) is 0 Å². The van der Waals surface area contributed by atoms with E-state index in [0.717, 1.165) is 0 Å². The molecule has 0 bridgehead atoms. The van der Waals surface area contributed by atoms with E-state index in [1.54, 1.807) is 12.4 Å². The topological polar surface area (TPSA) is 47.9 Å². The molecular weight excluding hydrogens is 90.1 g/mol. The van der Waals surface area contributed by atoms with Crippen molar-refractivity contribution >= 4 is 0 Å². The molecule has 1 aliphatic heterocycles. The molecular formula is C4H5N3. The summed E-state index contributed by atoms with van der Waals surface area (Å²) in [4.78, 5) is 0. The van der Waals surface area contributed by atoms with Gasteiger partial charge in [0.25, 0.3) is 0 Å². The van der Waals surface area contributed by atoms with E-state index in [1.165, 1.54) is 0 Å². The molecule has 0 amide bonds. The summed E-state index contributed by atoms with van der Waals surface area (Å²) in [5.41, 5.74) is 0. The number of nitriles is 1. The molecule has 7 heavy (non-hydrogen) atoms. The van der Waals surface area contributed by atoms with Crippen molar-refractivity contribution in [1.29, 1.82) is 5.26 Å². The van der Waals surface area contributed by atoms with Gasteiger partial charge in [0.15, 0.2) is 6.17 Å². The van der Waals surface area contributed by atoms with Crippen LogP contribution >= 0.6 is 0 Å². The molecule has 0 spiro atoms. The van der Waals surface area contributed by atoms with Crippen LogP contribution in [0.15, 0.2) is 12.4 Å². The summed E-state index contributed by atoms with van der Waals surface area (Å²) < 4.78 is 0. The maximum atomic E-state index is 8.15. The van der Waals surface area contributed by atoms with Crippen LogP contribution in [0.2, 0.25) is 0 Å². The highest BCUT2D eigenvalue weighted by Gasteiger charge is 2.01. The van der Waals surface area contributed by atoms with Crippen molar-refractivity contribution in [2.45, 2.75) is 6.17 Å². The van der Waals surface area contributed by atoms with Gasteiger partial charge in [-0.2, -0.15) is 5.26 Å². The highest BCUT2D eigenvalue weighted by Crippen LogP contribution is 1.80. The molecule has 0 aliphatic carbocycles. The molecule has 1 rings (SSSR count). The Balaban J connectivity index is 2.39. The third kappa shape index (κ3) is 0.631. The lowest BCUT2D eigenvalue weighted by Crippen LogP contribution is -2.28. The maximum absolute atomic E-state index is 8.15. The summed E-state index contributed by atoms with van der Waals surface area (Å²) in [6.45, 7) is 0. The zero-order chi connectivity index (χ0) is 5.11. The van der Waals surface area contributed by atoms with Crippen LogP contribution in [-0.2, 0) is 0 Å². The monoisotopic (exact) mass is 95.0 g/mol. The first-order valence-electron chi connectivity index (χ1n) is 2.00. The Morgan fingerprint density at radius 2 is 2.00 bits per heavy atom. The van der Waals surface area contributed by atoms with Crippen molar-refractivity contribution in [1.82, 2.24) is 10.6 Å². The van der Waals surface area contributed by atoms with Crippen molar-refractivity contribution in [3.8, 4) is 6.07 Å². The van der Waals surface area contributed by atoms with E-state index >= 15 is 0 Å². The fourth-order valence-electron chi connectivity index (χ4n) is 0.411. The van der Waals surface area contributed by atoms with E-state index in [1.807, 2.05) is 6.07 Å². The van der Waals surface area contributed by atoms with Crippen molar-refractivity contribution in [3.05, 3.63) is 12.4 Å². The number of hydrogen-bond acceptors (Lipinski definition) is 3. The van der Waals surface area contributed by atoms with E-state index in [9.17, 15) is 0 Å². The number of hydrogen-bond donors (Lipinski definition) is 2. The van der Waals surface area contributed by atoms with Gasteiger partial charge in [-0.05, 0) is 0 Å². The average molecular weight is 95.1 g/mol. The van der Waals surface area contributed by atoms with Gasteiger partial charge in [-0.3, -0.25) is 0 Å². The summed E-state index contributed by atoms with van der Waals surface area (Å²) in [5, 5.41) is 13.7. The second-order valence-corrected chi connectivity index (χ2v) is 1.23. The Bertz CT molecular complexity index is 113. The first kappa shape index (κ1) is 4.00. The number of nitrogens with one attached hydrogen (secondary N) is 2. The van der Waals surface area contributed by atoms with E-state index < -0.39 is 0 Å². The van der Waals surface area contributed by atoms with Gasteiger partial charge in [0.05, 0.1) is 0 Å². The summed E-state index contributed by atoms with van der Waals surface area (Å²) in [6.07, 6.45) is 3.20. The zero-order valence-electron chi connectivity index (χ0n) is 3.68. The molecule has 0 aromatic heterocycles. The second-order valence-electron chi connectivity index (χ2n) is 1.23. The van der Waals surface area contributed by atoms with Crippen molar-refractivity contribution < 1.29 is 0 Å². The Kier molecular flexibility index (Phi) is 0.868. The number of nitrogens with zero attached hydrogens (tertiary/aromatic N) is 1. The van der Waals surface area contributed by atoms with Crippen LogP contribution in [0.5, 0.6) is 0 Å². The fraction of sp³-hybridized carbons (Fsp3) is 0.250. The minimum Gasteiger partial charge on any atom is -0.358 e. The highest BCUT2D eigenvalue weighted by atomic mass is 15.1. The maximum Gasteiger partial charge on any atom is 0.186 e. The van der Waals surface area contributed by atoms with Crippen LogP contribution in [0.25, 0.3) is 0 Å². The van der Waals surface area contributed by atoms with Crippen molar-refractivity contribution in [3.63, 3.8) is 0 Å². The van der Waals surface area contributed by atoms with Gasteiger partial charge in [-0.1, -0.05) is 0 Å². The smallest absolute Gasteiger partial charge is 0.186 e. The molecule has 36 valence electrons. The predicted octanol–water partition coefficient (Wildman–Crippen LogP) is -0.500. The molecule has 0 atom stereocenters. The predicted molar refractivity (Wildman–Crippen MR) is 24.8 cm³/mol. The molecule has 0 aromatic carbocycles. The zero-order valence-corrected chi connectivity index (χ0v) is 3.68. The summed E-state index contributed by atoms with van der Waals surface area (Å²) in [6, 6.07) is 1.98. The van der Waals surface area contributed by atoms with Gasteiger partial charge in [0.2, 0.25) is 0 Å². The SMILES string of the molecule is N#CC1NC=CN1. The van der Waals surface area contributed by atoms with Crippen molar-refractivity contribution in [2.24, 2.45) is 0 Å². The molecule has 3 heteroatoms. The second kappa shape index (κ2) is 1.52. The standard InChI is InChI=1S/C4H5N3/c5-3-4-6-1-2-7-4/h1-2,4,6-7H. The van der Waals surface area contributed by atoms with E-state index in [-0.39, 0.29) is 6.17 Å². The summed E-state index contributed by atoms with van der Waals surface area (Å²) in [7, 11) is 0. The van der Waals surface area contributed by atoms with E-state index in [0.29, 0.717) is 0 Å². The quantitative estimate of drug-likeness (QED) is 0.426. The lowest BCUT2D eigenvalue weighted by Gasteiger charge is -1.96. The minimum atomic E-state index is -0.208. The summed E-state index contributed by atoms with van der Waals surface area (Å²) >= 11 is 0.